The number of hydrogen-bond acceptors (Lipinski definition) is 4. The number of nitrogens with zero attached hydrogens (tertiary/aromatic N) is 2. The van der Waals surface area contributed by atoms with Gasteiger partial charge in [0.05, 0.1) is 10.9 Å². The van der Waals surface area contributed by atoms with Gasteiger partial charge >= 0.3 is 0 Å². The van der Waals surface area contributed by atoms with Crippen molar-refractivity contribution in [2.24, 2.45) is 0 Å². The predicted octanol–water partition coefficient (Wildman–Crippen LogP) is 1.67. The van der Waals surface area contributed by atoms with Gasteiger partial charge in [0.25, 0.3) is 11.5 Å². The van der Waals surface area contributed by atoms with Crippen LogP contribution >= 0.6 is 0 Å². The third-order valence-corrected chi connectivity index (χ3v) is 4.15. The van der Waals surface area contributed by atoms with Crippen molar-refractivity contribution in [1.82, 2.24) is 9.66 Å². The minimum Gasteiger partial charge on any atom is -0.326 e. The minimum absolute atomic E-state index is 0.0292. The highest BCUT2D eigenvalue weighted by Gasteiger charge is 2.17. The predicted molar refractivity (Wildman–Crippen MR) is 93.1 cm³/mol. The van der Waals surface area contributed by atoms with Gasteiger partial charge < -0.3 is 5.32 Å². The van der Waals surface area contributed by atoms with Crippen LogP contribution in [0.2, 0.25) is 0 Å². The van der Waals surface area contributed by atoms with E-state index in [4.69, 9.17) is 0 Å². The molecule has 4 rings (SSSR count). The zero-order valence-electron chi connectivity index (χ0n) is 13.2. The molecule has 0 fully saturated rings. The zero-order valence-corrected chi connectivity index (χ0v) is 13.2. The molecule has 2 amide bonds. The fourth-order valence-corrected chi connectivity index (χ4v) is 2.85. The number of rotatable bonds is 2. The first-order valence-electron chi connectivity index (χ1n) is 7.82. The van der Waals surface area contributed by atoms with Crippen LogP contribution in [-0.4, -0.2) is 21.5 Å². The lowest BCUT2D eigenvalue weighted by Gasteiger charge is -2.17. The molecule has 0 bridgehead atoms. The quantitative estimate of drug-likeness (QED) is 0.745. The molecule has 2 heterocycles. The van der Waals surface area contributed by atoms with Crippen molar-refractivity contribution in [2.75, 3.05) is 10.7 Å². The Labute approximate surface area is 142 Å². The molecule has 0 atom stereocenters. The summed E-state index contributed by atoms with van der Waals surface area (Å²) >= 11 is 0. The number of carbonyl (C=O) groups is 2. The van der Waals surface area contributed by atoms with Crippen LogP contribution in [-0.2, 0) is 11.2 Å². The van der Waals surface area contributed by atoms with Gasteiger partial charge in [-0.15, -0.1) is 0 Å². The molecule has 2 aromatic carbocycles. The summed E-state index contributed by atoms with van der Waals surface area (Å²) in [4.78, 5) is 40.5. The number of carbonyl (C=O) groups excluding carboxylic acids is 2. The lowest BCUT2D eigenvalue weighted by molar-refractivity contribution is -0.116. The Morgan fingerprint density at radius 2 is 1.96 bits per heavy atom. The fraction of sp³-hybridized carbons (Fsp3) is 0.111. The molecule has 0 spiro atoms. The average molecular weight is 334 g/mol. The van der Waals surface area contributed by atoms with E-state index in [0.29, 0.717) is 29.3 Å². The number of benzene rings is 2. The van der Waals surface area contributed by atoms with Gasteiger partial charge in [-0.1, -0.05) is 12.1 Å². The second-order valence-corrected chi connectivity index (χ2v) is 5.80. The van der Waals surface area contributed by atoms with Crippen LogP contribution in [0, 0.1) is 0 Å². The summed E-state index contributed by atoms with van der Waals surface area (Å²) in [6.07, 6.45) is 2.27. The van der Waals surface area contributed by atoms with E-state index in [0.717, 1.165) is 15.9 Å². The van der Waals surface area contributed by atoms with Crippen molar-refractivity contribution in [1.29, 1.82) is 0 Å². The fourth-order valence-electron chi connectivity index (χ4n) is 2.85. The maximum Gasteiger partial charge on any atom is 0.280 e. The first kappa shape index (κ1) is 15.1. The highest BCUT2D eigenvalue weighted by atomic mass is 16.2. The average Bonchev–Trinajstić information content (AvgIpc) is 2.63. The van der Waals surface area contributed by atoms with Gasteiger partial charge in [-0.25, -0.2) is 9.66 Å². The number of para-hydroxylation sites is 1. The Bertz CT molecular complexity index is 1070. The molecule has 7 nitrogen and oxygen atoms in total. The SMILES string of the molecule is O=C1CCc2cc(C(=O)Nn3cnc4ccccc4c3=O)ccc2N1. The van der Waals surface area contributed by atoms with Crippen LogP contribution in [0.4, 0.5) is 5.69 Å². The van der Waals surface area contributed by atoms with Crippen molar-refractivity contribution < 1.29 is 9.59 Å². The Balaban J connectivity index is 1.63. The molecule has 1 aromatic heterocycles. The van der Waals surface area contributed by atoms with Crippen LogP contribution in [0.25, 0.3) is 10.9 Å². The standard InChI is InChI=1S/C18H14N4O3/c23-16-8-6-11-9-12(5-7-14(11)20-16)17(24)21-22-10-19-15-4-2-1-3-13(15)18(22)25/h1-5,7,9-10H,6,8H2,(H,20,23)(H,21,24). The van der Waals surface area contributed by atoms with E-state index in [1.54, 1.807) is 42.5 Å². The second-order valence-electron chi connectivity index (χ2n) is 5.80. The van der Waals surface area contributed by atoms with Crippen molar-refractivity contribution in [2.45, 2.75) is 12.8 Å². The summed E-state index contributed by atoms with van der Waals surface area (Å²) in [6.45, 7) is 0. The lowest BCUT2D eigenvalue weighted by Crippen LogP contribution is -2.33. The summed E-state index contributed by atoms with van der Waals surface area (Å²) < 4.78 is 1.08. The van der Waals surface area contributed by atoms with Crippen molar-refractivity contribution in [3.63, 3.8) is 0 Å². The maximum atomic E-state index is 12.5. The maximum absolute atomic E-state index is 12.5. The van der Waals surface area contributed by atoms with Gasteiger partial charge in [0.1, 0.15) is 6.33 Å². The molecule has 0 radical (unpaired) electrons. The largest absolute Gasteiger partial charge is 0.326 e. The molecular weight excluding hydrogens is 320 g/mol. The summed E-state index contributed by atoms with van der Waals surface area (Å²) in [5.41, 5.74) is 4.81. The first-order valence-corrected chi connectivity index (χ1v) is 7.82. The minimum atomic E-state index is -0.418. The summed E-state index contributed by atoms with van der Waals surface area (Å²) in [6, 6.07) is 12.0. The summed E-state index contributed by atoms with van der Waals surface area (Å²) in [5.74, 6) is -0.447. The van der Waals surface area contributed by atoms with Gasteiger partial charge in [0, 0.05) is 17.7 Å². The van der Waals surface area contributed by atoms with Crippen LogP contribution in [0.3, 0.4) is 0 Å². The Morgan fingerprint density at radius 3 is 2.84 bits per heavy atom. The molecule has 0 aliphatic carbocycles. The molecule has 2 N–H and O–H groups in total. The number of nitrogens with one attached hydrogen (secondary N) is 2. The molecule has 0 unspecified atom stereocenters. The molecule has 7 heteroatoms. The van der Waals surface area contributed by atoms with Crippen LogP contribution in [0.5, 0.6) is 0 Å². The topological polar surface area (TPSA) is 93.1 Å². The molecule has 0 saturated heterocycles. The second kappa shape index (κ2) is 5.86. The number of anilines is 1. The molecule has 25 heavy (non-hydrogen) atoms. The zero-order chi connectivity index (χ0) is 17.4. The van der Waals surface area contributed by atoms with Gasteiger partial charge in [-0.3, -0.25) is 19.8 Å². The van der Waals surface area contributed by atoms with Crippen molar-refractivity contribution >= 4 is 28.4 Å². The van der Waals surface area contributed by atoms with E-state index in [2.05, 4.69) is 15.7 Å². The smallest absolute Gasteiger partial charge is 0.280 e. The van der Waals surface area contributed by atoms with Gasteiger partial charge in [-0.05, 0) is 42.3 Å². The number of amides is 2. The van der Waals surface area contributed by atoms with Crippen LogP contribution in [0.1, 0.15) is 22.3 Å². The Morgan fingerprint density at radius 1 is 1.12 bits per heavy atom. The molecular formula is C18H14N4O3. The number of aromatic nitrogens is 2. The number of hydrogen-bond donors (Lipinski definition) is 2. The number of fused-ring (bicyclic) bond motifs is 2. The molecule has 3 aromatic rings. The summed E-state index contributed by atoms with van der Waals surface area (Å²) in [7, 11) is 0. The van der Waals surface area contributed by atoms with E-state index in [-0.39, 0.29) is 11.5 Å². The Kier molecular flexibility index (Phi) is 3.53. The highest BCUT2D eigenvalue weighted by Crippen LogP contribution is 2.23. The molecule has 1 aliphatic heterocycles. The van der Waals surface area contributed by atoms with Gasteiger partial charge in [0.2, 0.25) is 5.91 Å². The normalized spacial score (nSPS) is 13.2. The highest BCUT2D eigenvalue weighted by molar-refractivity contribution is 6.01. The summed E-state index contributed by atoms with van der Waals surface area (Å²) in [5, 5.41) is 3.20. The van der Waals surface area contributed by atoms with Gasteiger partial charge in [0.15, 0.2) is 0 Å². The monoisotopic (exact) mass is 334 g/mol. The van der Waals surface area contributed by atoms with E-state index in [9.17, 15) is 14.4 Å². The number of aryl methyl sites for hydroxylation is 1. The van der Waals surface area contributed by atoms with Crippen molar-refractivity contribution in [3.8, 4) is 0 Å². The Hall–Kier alpha value is -3.48. The first-order chi connectivity index (χ1) is 12.1. The van der Waals surface area contributed by atoms with Crippen molar-refractivity contribution in [3.05, 3.63) is 70.3 Å². The van der Waals surface area contributed by atoms with E-state index in [1.807, 2.05) is 0 Å². The third-order valence-electron chi connectivity index (χ3n) is 4.15. The molecule has 124 valence electrons. The third kappa shape index (κ3) is 2.76. The lowest BCUT2D eigenvalue weighted by atomic mass is 10.0. The van der Waals surface area contributed by atoms with E-state index < -0.39 is 5.91 Å². The molecule has 1 aliphatic rings. The van der Waals surface area contributed by atoms with Gasteiger partial charge in [-0.2, -0.15) is 0 Å². The van der Waals surface area contributed by atoms with Crippen LogP contribution < -0.4 is 16.3 Å². The molecule has 0 saturated carbocycles. The van der Waals surface area contributed by atoms with E-state index in [1.165, 1.54) is 6.33 Å². The van der Waals surface area contributed by atoms with Crippen LogP contribution in [0.15, 0.2) is 53.6 Å². The van der Waals surface area contributed by atoms with E-state index >= 15 is 0 Å².